The Kier molecular flexibility index (Phi) is 5.18. The molecule has 0 amide bonds. The Morgan fingerprint density at radius 1 is 0.786 bits per heavy atom. The predicted molar refractivity (Wildman–Crippen MR) is 108 cm³/mol. The van der Waals surface area contributed by atoms with Crippen LogP contribution >= 0.6 is 11.8 Å². The number of hydrogen-bond acceptors (Lipinski definition) is 1. The van der Waals surface area contributed by atoms with E-state index in [0.717, 1.165) is 28.4 Å². The summed E-state index contributed by atoms with van der Waals surface area (Å²) in [6.07, 6.45) is -2.22. The second kappa shape index (κ2) is 7.76. The smallest absolute Gasteiger partial charge is 0.342 e. The number of thioether (sulfide) groups is 1. The van der Waals surface area contributed by atoms with E-state index in [4.69, 9.17) is 0 Å². The standard InChI is InChI=1S/C23H18F3NS/c24-23(25,26)19-10-6-9-18(13-19)16-28-22-15-27(14-17-7-2-1-3-8-17)21-12-5-4-11-20(21)22/h1-13,15H,14,16H2. The Bertz CT molecular complexity index is 1080. The normalized spacial score (nSPS) is 11.8. The first-order valence-corrected chi connectivity index (χ1v) is 9.90. The molecule has 28 heavy (non-hydrogen) atoms. The Morgan fingerprint density at radius 3 is 2.29 bits per heavy atom. The molecule has 0 N–H and O–H groups in total. The number of halogens is 3. The molecule has 0 spiro atoms. The van der Waals surface area contributed by atoms with Crippen LogP contribution in [0.5, 0.6) is 0 Å². The second-order valence-corrected chi connectivity index (χ2v) is 7.63. The lowest BCUT2D eigenvalue weighted by atomic mass is 10.1. The van der Waals surface area contributed by atoms with Crippen molar-refractivity contribution in [3.05, 3.63) is 102 Å². The molecule has 0 saturated heterocycles. The lowest BCUT2D eigenvalue weighted by Crippen LogP contribution is -2.04. The molecule has 4 aromatic rings. The van der Waals surface area contributed by atoms with Gasteiger partial charge in [-0.15, -0.1) is 11.8 Å². The van der Waals surface area contributed by atoms with Gasteiger partial charge in [0.05, 0.1) is 5.56 Å². The fourth-order valence-corrected chi connectivity index (χ4v) is 4.27. The highest BCUT2D eigenvalue weighted by Crippen LogP contribution is 2.34. The van der Waals surface area contributed by atoms with Crippen LogP contribution in [0, 0.1) is 0 Å². The monoisotopic (exact) mass is 397 g/mol. The van der Waals surface area contributed by atoms with Crippen molar-refractivity contribution in [2.24, 2.45) is 0 Å². The van der Waals surface area contributed by atoms with Gasteiger partial charge in [0.1, 0.15) is 0 Å². The van der Waals surface area contributed by atoms with Crippen molar-refractivity contribution in [1.82, 2.24) is 4.57 Å². The first-order valence-electron chi connectivity index (χ1n) is 8.91. The maximum Gasteiger partial charge on any atom is 0.416 e. The molecule has 0 aliphatic heterocycles. The van der Waals surface area contributed by atoms with Gasteiger partial charge in [-0.3, -0.25) is 0 Å². The number of aromatic nitrogens is 1. The molecule has 1 heterocycles. The number of alkyl halides is 3. The lowest BCUT2D eigenvalue weighted by Gasteiger charge is -2.08. The Balaban J connectivity index is 1.59. The van der Waals surface area contributed by atoms with Crippen LogP contribution in [0.25, 0.3) is 10.9 Å². The summed E-state index contributed by atoms with van der Waals surface area (Å²) >= 11 is 1.57. The molecule has 0 atom stereocenters. The molecule has 0 unspecified atom stereocenters. The summed E-state index contributed by atoms with van der Waals surface area (Å²) in [4.78, 5) is 1.07. The Labute approximate surface area is 165 Å². The van der Waals surface area contributed by atoms with E-state index in [-0.39, 0.29) is 0 Å². The molecule has 0 aliphatic carbocycles. The van der Waals surface area contributed by atoms with Crippen LogP contribution in [0.3, 0.4) is 0 Å². The number of hydrogen-bond donors (Lipinski definition) is 0. The van der Waals surface area contributed by atoms with E-state index in [1.807, 2.05) is 30.3 Å². The number of nitrogens with zero attached hydrogens (tertiary/aromatic N) is 1. The van der Waals surface area contributed by atoms with Crippen LogP contribution in [0.2, 0.25) is 0 Å². The molecule has 0 bridgehead atoms. The molecular formula is C23H18F3NS. The summed E-state index contributed by atoms with van der Waals surface area (Å²) in [5, 5.41) is 1.12. The summed E-state index contributed by atoms with van der Waals surface area (Å²) in [7, 11) is 0. The van der Waals surface area contributed by atoms with Crippen molar-refractivity contribution >= 4 is 22.7 Å². The zero-order chi connectivity index (χ0) is 19.6. The minimum absolute atomic E-state index is 0.489. The van der Waals surface area contributed by atoms with Gasteiger partial charge in [0.25, 0.3) is 0 Å². The fraction of sp³-hybridized carbons (Fsp3) is 0.130. The summed E-state index contributed by atoms with van der Waals surface area (Å²) in [5.41, 5.74) is 2.40. The SMILES string of the molecule is FC(F)(F)c1cccc(CSc2cn(Cc3ccccc3)c3ccccc23)c1. The van der Waals surface area contributed by atoms with Crippen LogP contribution in [0.1, 0.15) is 16.7 Å². The highest BCUT2D eigenvalue weighted by atomic mass is 32.2. The van der Waals surface area contributed by atoms with Crippen LogP contribution in [-0.2, 0) is 18.5 Å². The van der Waals surface area contributed by atoms with Crippen LogP contribution < -0.4 is 0 Å². The average Bonchev–Trinajstić information content (AvgIpc) is 3.04. The van der Waals surface area contributed by atoms with Gasteiger partial charge in [-0.25, -0.2) is 0 Å². The molecule has 142 valence electrons. The van der Waals surface area contributed by atoms with Crippen LogP contribution in [0.4, 0.5) is 13.2 Å². The van der Waals surface area contributed by atoms with Gasteiger partial charge in [-0.05, 0) is 23.3 Å². The summed E-state index contributed by atoms with van der Waals surface area (Å²) in [5.74, 6) is 0.489. The molecule has 0 aliphatic rings. The van der Waals surface area contributed by atoms with E-state index in [1.165, 1.54) is 17.7 Å². The third kappa shape index (κ3) is 4.09. The zero-order valence-corrected chi connectivity index (χ0v) is 15.8. The van der Waals surface area contributed by atoms with E-state index in [9.17, 15) is 13.2 Å². The van der Waals surface area contributed by atoms with E-state index in [1.54, 1.807) is 17.8 Å². The molecular weight excluding hydrogens is 379 g/mol. The average molecular weight is 397 g/mol. The molecule has 0 fully saturated rings. The maximum atomic E-state index is 12.9. The van der Waals surface area contributed by atoms with E-state index in [2.05, 4.69) is 35.0 Å². The highest BCUT2D eigenvalue weighted by molar-refractivity contribution is 7.98. The van der Waals surface area contributed by atoms with E-state index >= 15 is 0 Å². The van der Waals surface area contributed by atoms with Crippen molar-refractivity contribution < 1.29 is 13.2 Å². The highest BCUT2D eigenvalue weighted by Gasteiger charge is 2.30. The number of fused-ring (bicyclic) bond motifs is 1. The Hall–Kier alpha value is -2.66. The number of para-hydroxylation sites is 1. The molecule has 4 rings (SSSR count). The quantitative estimate of drug-likeness (QED) is 0.328. The lowest BCUT2D eigenvalue weighted by molar-refractivity contribution is -0.137. The molecule has 0 saturated carbocycles. The summed E-state index contributed by atoms with van der Waals surface area (Å²) in [6.45, 7) is 0.755. The third-order valence-corrected chi connectivity index (χ3v) is 5.71. The van der Waals surface area contributed by atoms with Crippen LogP contribution in [0.15, 0.2) is 90.0 Å². The molecule has 3 aromatic carbocycles. The third-order valence-electron chi connectivity index (χ3n) is 4.60. The second-order valence-electron chi connectivity index (χ2n) is 6.61. The molecule has 5 heteroatoms. The minimum Gasteiger partial charge on any atom is -0.342 e. The van der Waals surface area contributed by atoms with Crippen molar-refractivity contribution in [3.8, 4) is 0 Å². The molecule has 0 radical (unpaired) electrons. The van der Waals surface area contributed by atoms with E-state index in [0.29, 0.717) is 11.3 Å². The maximum absolute atomic E-state index is 12.9. The van der Waals surface area contributed by atoms with Gasteiger partial charge >= 0.3 is 6.18 Å². The van der Waals surface area contributed by atoms with Crippen molar-refractivity contribution in [2.45, 2.75) is 23.4 Å². The zero-order valence-electron chi connectivity index (χ0n) is 15.0. The minimum atomic E-state index is -4.31. The van der Waals surface area contributed by atoms with Crippen molar-refractivity contribution in [1.29, 1.82) is 0 Å². The predicted octanol–water partition coefficient (Wildman–Crippen LogP) is 7.00. The van der Waals surface area contributed by atoms with Crippen molar-refractivity contribution in [3.63, 3.8) is 0 Å². The summed E-state index contributed by atoms with van der Waals surface area (Å²) in [6, 6.07) is 23.9. The summed E-state index contributed by atoms with van der Waals surface area (Å²) < 4.78 is 41.0. The van der Waals surface area contributed by atoms with Crippen LogP contribution in [-0.4, -0.2) is 4.57 Å². The first kappa shape index (κ1) is 18.7. The van der Waals surface area contributed by atoms with Gasteiger partial charge in [0.15, 0.2) is 0 Å². The Morgan fingerprint density at radius 2 is 1.50 bits per heavy atom. The van der Waals surface area contributed by atoms with Gasteiger partial charge in [0, 0.05) is 34.3 Å². The number of rotatable bonds is 5. The topological polar surface area (TPSA) is 4.93 Å². The van der Waals surface area contributed by atoms with Gasteiger partial charge in [0.2, 0.25) is 0 Å². The first-order chi connectivity index (χ1) is 13.5. The molecule has 1 aromatic heterocycles. The van der Waals surface area contributed by atoms with Gasteiger partial charge in [-0.2, -0.15) is 13.2 Å². The largest absolute Gasteiger partial charge is 0.416 e. The molecule has 1 nitrogen and oxygen atoms in total. The van der Waals surface area contributed by atoms with E-state index < -0.39 is 11.7 Å². The number of benzene rings is 3. The van der Waals surface area contributed by atoms with Gasteiger partial charge in [-0.1, -0.05) is 66.7 Å². The fourth-order valence-electron chi connectivity index (χ4n) is 3.24. The van der Waals surface area contributed by atoms with Crippen molar-refractivity contribution in [2.75, 3.05) is 0 Å². The van der Waals surface area contributed by atoms with Gasteiger partial charge < -0.3 is 4.57 Å².